The predicted octanol–water partition coefficient (Wildman–Crippen LogP) is 22.6. The van der Waals surface area contributed by atoms with Crippen LogP contribution in [0.5, 0.6) is 34.5 Å². The van der Waals surface area contributed by atoms with Crippen LogP contribution in [-0.2, 0) is 0 Å². The molecule has 6 aromatic rings. The zero-order valence-electron chi connectivity index (χ0n) is 65.3. The highest BCUT2D eigenvalue weighted by Gasteiger charge is 2.76. The van der Waals surface area contributed by atoms with Crippen molar-refractivity contribution < 1.29 is 138 Å². The van der Waals surface area contributed by atoms with E-state index in [4.69, 9.17) is 23.7 Å². The highest BCUT2D eigenvalue weighted by atomic mass is 19.4. The van der Waals surface area contributed by atoms with Crippen molar-refractivity contribution in [3.8, 4) is 34.5 Å². The van der Waals surface area contributed by atoms with Gasteiger partial charge in [0.2, 0.25) is 13.6 Å². The molecule has 1 aliphatic rings. The lowest BCUT2D eigenvalue weighted by atomic mass is 9.96. The number of hydrogen-bond acceptors (Lipinski definition) is 15. The first kappa shape index (κ1) is 106. The highest BCUT2D eigenvalue weighted by molar-refractivity contribution is 6.42. The lowest BCUT2D eigenvalue weighted by Crippen LogP contribution is -2.56. The van der Waals surface area contributed by atoms with E-state index in [-0.39, 0.29) is 63.5 Å². The number of benzene rings is 6. The molecule has 0 N–H and O–H groups in total. The van der Waals surface area contributed by atoms with Gasteiger partial charge in [-0.3, -0.25) is 49.9 Å². The van der Waals surface area contributed by atoms with E-state index in [2.05, 4.69) is 76.2 Å². The van der Waals surface area contributed by atoms with Gasteiger partial charge in [-0.1, -0.05) is 0 Å². The molecular weight excluding hydrogens is 1650 g/mol. The Morgan fingerprint density at radius 2 is 0.445 bits per heavy atom. The van der Waals surface area contributed by atoms with Crippen molar-refractivity contribution in [3.05, 3.63) is 205 Å². The van der Waals surface area contributed by atoms with Crippen LogP contribution in [0.2, 0.25) is 0 Å². The van der Waals surface area contributed by atoms with Gasteiger partial charge >= 0.3 is 60.7 Å². The molecule has 0 amide bonds. The number of ether oxygens (including phenoxy) is 5. The molecule has 0 atom stereocenters. The first-order valence-electron chi connectivity index (χ1n) is 33.6. The summed E-state index contributed by atoms with van der Waals surface area (Å²) in [6.45, 7) is 14.9. The number of nitrogens with zero attached hydrogens (tertiary/aromatic N) is 10. The number of alkyl halides is 26. The normalized spacial score (nSPS) is 14.8. The second-order valence-corrected chi connectivity index (χ2v) is 22.9. The van der Waals surface area contributed by atoms with Crippen molar-refractivity contribution in [2.45, 2.75) is 100 Å². The average molecular weight is 1730 g/mol. The second kappa shape index (κ2) is 46.7. The minimum atomic E-state index is -6.58. The summed E-state index contributed by atoms with van der Waals surface area (Å²) < 4.78 is 364. The van der Waals surface area contributed by atoms with Crippen LogP contribution in [-0.4, -0.2) is 202 Å². The van der Waals surface area contributed by atoms with Crippen LogP contribution in [0.25, 0.3) is 0 Å². The van der Waals surface area contributed by atoms with E-state index in [9.17, 15) is 114 Å². The SMILES string of the molecule is C=C.C=C.CN=C(C)C(C)=NC.CN=C(c1ccc(OCOc2ccc(C(=NC)C(F)(F)C(F)(F)C(F)(F)F)cc2)cc1)C(F)(F)C(F)(F)C(F)(F)F.CN=C(c1ccc(OCOc2ccc(C(=NC)C(F)(F)F)cc2)cc1)C(F)(F)F.CN=C(c1ccc(Oc2ccc(C(=NC)C(F)(F)F)cc2)cc1)C(F)(F)F.CN=C1CCCCC1=NC. The first-order chi connectivity index (χ1) is 55.3. The third kappa shape index (κ3) is 30.5. The molecule has 6 aromatic carbocycles. The summed E-state index contributed by atoms with van der Waals surface area (Å²) in [6, 6.07) is 26.6. The molecular formula is C78H80F26N10O5. The molecule has 7 rings (SSSR count). The zero-order chi connectivity index (χ0) is 91.5. The molecule has 0 heterocycles. The van der Waals surface area contributed by atoms with E-state index in [1.807, 2.05) is 27.9 Å². The molecule has 0 aliphatic heterocycles. The molecule has 0 radical (unpaired) electrons. The van der Waals surface area contributed by atoms with Gasteiger partial charge in [-0.25, -0.2) is 0 Å². The van der Waals surface area contributed by atoms with Crippen molar-refractivity contribution in [2.75, 3.05) is 84.1 Å². The lowest BCUT2D eigenvalue weighted by Gasteiger charge is -2.29. The van der Waals surface area contributed by atoms with Gasteiger partial charge in [0.05, 0.1) is 22.8 Å². The minimum absolute atomic E-state index is 0.109. The van der Waals surface area contributed by atoms with Crippen LogP contribution in [0.4, 0.5) is 114 Å². The van der Waals surface area contributed by atoms with Crippen molar-refractivity contribution in [3.63, 3.8) is 0 Å². The molecule has 0 bridgehead atoms. The Morgan fingerprint density at radius 1 is 0.269 bits per heavy atom. The Morgan fingerprint density at radius 3 is 0.597 bits per heavy atom. The third-order valence-corrected chi connectivity index (χ3v) is 15.6. The summed E-state index contributed by atoms with van der Waals surface area (Å²) >= 11 is 0. The van der Waals surface area contributed by atoms with Crippen LogP contribution < -0.4 is 23.7 Å². The largest absolute Gasteiger partial charge is 0.460 e. The fourth-order valence-electron chi connectivity index (χ4n) is 9.58. The van der Waals surface area contributed by atoms with Crippen molar-refractivity contribution >= 4 is 57.1 Å². The van der Waals surface area contributed by atoms with Crippen LogP contribution in [0.3, 0.4) is 0 Å². The standard InChI is InChI=1S/C23H16F14N2O2.C19H16F6N2O2.C18H14F6N2O.C8H14N2.C6H12N2.2C2H4/c1-38-16(18(24,25)20(28,29)22(32,33)34)12-3-7-14(8-4-12)40-11-41-15-9-5-13(6-10-15)17(39-2)19(26,27)21(30,31)23(35,36)37;1-26-16(18(20,21)22)12-3-7-14(8-4-12)28-11-29-15-9-5-13(6-10-15)17(27-2)19(23,24)25;1-25-15(17(19,20)21)11-3-7-13(8-4-11)27-14-9-5-12(6-10-14)16(26-2)18(22,23)24;1-9-7-5-3-4-6-8(7)10-2;1-5(7-3)6(2)8-4;2*1-2/h3-10H,11H2,1-2H3;3-10H,11H2,1-2H3;3-10H,1-2H3;3-6H2,1-2H3;1-4H3;2*1-2H2. The Bertz CT molecular complexity index is 4170. The molecule has 41 heteroatoms. The molecule has 1 aliphatic carbocycles. The minimum Gasteiger partial charge on any atom is -0.458 e. The third-order valence-electron chi connectivity index (χ3n) is 15.6. The molecule has 15 nitrogen and oxygen atoms in total. The van der Waals surface area contributed by atoms with Gasteiger partial charge in [0.1, 0.15) is 68.8 Å². The Balaban J connectivity index is 0.000000802. The van der Waals surface area contributed by atoms with E-state index in [1.165, 1.54) is 121 Å². The summed E-state index contributed by atoms with van der Waals surface area (Å²) in [6.07, 6.45) is -26.6. The molecule has 1 saturated carbocycles. The monoisotopic (exact) mass is 1730 g/mol. The second-order valence-electron chi connectivity index (χ2n) is 22.9. The lowest BCUT2D eigenvalue weighted by molar-refractivity contribution is -0.336. The number of halogens is 26. The summed E-state index contributed by atoms with van der Waals surface area (Å²) in [7, 11) is 12.6. The highest BCUT2D eigenvalue weighted by Crippen LogP contribution is 2.50. The fourth-order valence-corrected chi connectivity index (χ4v) is 9.58. The van der Waals surface area contributed by atoms with Crippen molar-refractivity contribution in [1.29, 1.82) is 0 Å². The van der Waals surface area contributed by atoms with Crippen molar-refractivity contribution in [2.24, 2.45) is 49.9 Å². The Kier molecular flexibility index (Phi) is 41.5. The Hall–Kier alpha value is -11.3. The van der Waals surface area contributed by atoms with Gasteiger partial charge in [-0.15, -0.1) is 26.3 Å². The first-order valence-corrected chi connectivity index (χ1v) is 33.6. The molecule has 119 heavy (non-hydrogen) atoms. The maximum absolute atomic E-state index is 14.0. The molecule has 0 aromatic heterocycles. The van der Waals surface area contributed by atoms with Gasteiger partial charge in [0.25, 0.3) is 0 Å². The number of aliphatic imine (C=N–C) groups is 10. The molecule has 1 fully saturated rings. The van der Waals surface area contributed by atoms with Crippen LogP contribution in [0.1, 0.15) is 72.9 Å². The number of rotatable bonds is 21. The zero-order valence-corrected chi connectivity index (χ0v) is 65.3. The molecule has 0 spiro atoms. The van der Waals surface area contributed by atoms with Gasteiger partial charge in [0, 0.05) is 104 Å². The average Bonchev–Trinajstić information content (AvgIpc) is 0.756. The molecule has 0 saturated heterocycles. The fraction of sp³-hybridized carbons (Fsp3) is 0.359. The van der Waals surface area contributed by atoms with E-state index in [0.29, 0.717) is 38.4 Å². The number of hydrogen-bond donors (Lipinski definition) is 0. The quantitative estimate of drug-likeness (QED) is 0.0302. The maximum Gasteiger partial charge on any atom is 0.460 e. The van der Waals surface area contributed by atoms with Crippen molar-refractivity contribution in [1.82, 2.24) is 0 Å². The molecule has 654 valence electrons. The Labute approximate surface area is 667 Å². The van der Waals surface area contributed by atoms with E-state index >= 15 is 0 Å². The van der Waals surface area contributed by atoms with Gasteiger partial charge in [-0.05, 0) is 185 Å². The summed E-state index contributed by atoms with van der Waals surface area (Å²) in [5.41, 5.74) is -5.39. The van der Waals surface area contributed by atoms with Crippen LogP contribution in [0.15, 0.2) is 222 Å². The summed E-state index contributed by atoms with van der Waals surface area (Å²) in [5, 5.41) is 0. The van der Waals surface area contributed by atoms with Gasteiger partial charge < -0.3 is 23.7 Å². The topological polar surface area (TPSA) is 170 Å². The maximum atomic E-state index is 14.0. The predicted molar refractivity (Wildman–Crippen MR) is 408 cm³/mol. The summed E-state index contributed by atoms with van der Waals surface area (Å²) in [4.78, 5) is 35.0. The van der Waals surface area contributed by atoms with Crippen LogP contribution in [0, 0.1) is 0 Å². The van der Waals surface area contributed by atoms with E-state index in [0.717, 1.165) is 76.7 Å². The smallest absolute Gasteiger partial charge is 0.458 e. The van der Waals surface area contributed by atoms with E-state index < -0.39 is 113 Å². The summed E-state index contributed by atoms with van der Waals surface area (Å²) in [5.74, 6) is -23.7. The van der Waals surface area contributed by atoms with Gasteiger partial charge in [0.15, 0.2) is 0 Å². The van der Waals surface area contributed by atoms with E-state index in [1.54, 1.807) is 14.1 Å². The van der Waals surface area contributed by atoms with Crippen LogP contribution >= 0.6 is 0 Å². The molecule has 0 unspecified atom stereocenters. The van der Waals surface area contributed by atoms with Gasteiger partial charge in [-0.2, -0.15) is 114 Å².